The van der Waals surface area contributed by atoms with Crippen LogP contribution in [0.15, 0.2) is 0 Å². The molecule has 2 heteroatoms. The Balaban J connectivity index is 1.96. The molecule has 1 rings (SSSR count). The molecule has 1 N–H and O–H groups in total. The second kappa shape index (κ2) is 8.97. The summed E-state index contributed by atoms with van der Waals surface area (Å²) in [7, 11) is 0. The van der Waals surface area contributed by atoms with E-state index >= 15 is 0 Å². The lowest BCUT2D eigenvalue weighted by molar-refractivity contribution is -0.113. The lowest BCUT2D eigenvalue weighted by atomic mass is 9.64. The minimum Gasteiger partial charge on any atom is -0.378 e. The van der Waals surface area contributed by atoms with Gasteiger partial charge in [0.2, 0.25) is 0 Å². The predicted octanol–water partition coefficient (Wildman–Crippen LogP) is 4.53. The average molecular weight is 269 g/mol. The Hall–Kier alpha value is -0.0800. The highest BCUT2D eigenvalue weighted by molar-refractivity contribution is 5.02. The van der Waals surface area contributed by atoms with Crippen molar-refractivity contribution in [3.8, 4) is 0 Å². The summed E-state index contributed by atoms with van der Waals surface area (Å²) < 4.78 is 5.77. The minimum atomic E-state index is 0.317. The van der Waals surface area contributed by atoms with Crippen molar-refractivity contribution in [1.29, 1.82) is 0 Å². The third-order valence-electron chi connectivity index (χ3n) is 4.72. The fourth-order valence-electron chi connectivity index (χ4n) is 3.07. The van der Waals surface area contributed by atoms with Crippen LogP contribution >= 0.6 is 0 Å². The van der Waals surface area contributed by atoms with Gasteiger partial charge in [-0.1, -0.05) is 59.3 Å². The lowest BCUT2D eigenvalue weighted by Crippen LogP contribution is -2.61. The molecule has 0 saturated heterocycles. The van der Waals surface area contributed by atoms with E-state index in [0.717, 1.165) is 6.61 Å². The second-order valence-electron chi connectivity index (χ2n) is 6.63. The van der Waals surface area contributed by atoms with Gasteiger partial charge in [0.15, 0.2) is 0 Å². The molecule has 2 atom stereocenters. The smallest absolute Gasteiger partial charge is 0.0655 e. The molecule has 2 nitrogen and oxygen atoms in total. The Morgan fingerprint density at radius 2 is 1.63 bits per heavy atom. The highest BCUT2D eigenvalue weighted by Crippen LogP contribution is 2.42. The summed E-state index contributed by atoms with van der Waals surface area (Å²) in [5.74, 6) is 0. The number of rotatable bonds is 11. The van der Waals surface area contributed by atoms with E-state index in [0.29, 0.717) is 17.6 Å². The van der Waals surface area contributed by atoms with E-state index in [1.54, 1.807) is 0 Å². The molecule has 1 fully saturated rings. The summed E-state index contributed by atoms with van der Waals surface area (Å²) in [6, 6.07) is 0.657. The zero-order valence-corrected chi connectivity index (χ0v) is 13.6. The van der Waals surface area contributed by atoms with E-state index in [4.69, 9.17) is 4.74 Å². The highest BCUT2D eigenvalue weighted by atomic mass is 16.5. The van der Waals surface area contributed by atoms with Gasteiger partial charge in [0, 0.05) is 18.1 Å². The van der Waals surface area contributed by atoms with Crippen LogP contribution in [0.4, 0.5) is 0 Å². The summed E-state index contributed by atoms with van der Waals surface area (Å²) in [4.78, 5) is 0. The van der Waals surface area contributed by atoms with Crippen LogP contribution in [-0.2, 0) is 4.74 Å². The van der Waals surface area contributed by atoms with E-state index < -0.39 is 0 Å². The van der Waals surface area contributed by atoms with Gasteiger partial charge >= 0.3 is 0 Å². The molecular formula is C17H35NO. The molecule has 19 heavy (non-hydrogen) atoms. The van der Waals surface area contributed by atoms with E-state index in [2.05, 4.69) is 33.0 Å². The van der Waals surface area contributed by atoms with Crippen molar-refractivity contribution in [2.45, 2.75) is 91.2 Å². The zero-order valence-electron chi connectivity index (χ0n) is 13.6. The summed E-state index contributed by atoms with van der Waals surface area (Å²) >= 11 is 0. The first-order valence-electron chi connectivity index (χ1n) is 8.47. The van der Waals surface area contributed by atoms with Crippen LogP contribution in [0.1, 0.15) is 79.1 Å². The first kappa shape index (κ1) is 17.0. The largest absolute Gasteiger partial charge is 0.378 e. The van der Waals surface area contributed by atoms with Gasteiger partial charge in [-0.05, 0) is 26.3 Å². The van der Waals surface area contributed by atoms with Crippen LogP contribution in [-0.4, -0.2) is 25.3 Å². The van der Waals surface area contributed by atoms with Crippen molar-refractivity contribution in [3.05, 3.63) is 0 Å². The molecule has 0 heterocycles. The van der Waals surface area contributed by atoms with Crippen LogP contribution < -0.4 is 5.32 Å². The quantitative estimate of drug-likeness (QED) is 0.556. The van der Waals surface area contributed by atoms with Crippen molar-refractivity contribution in [2.24, 2.45) is 5.41 Å². The molecule has 1 aliphatic carbocycles. The normalized spacial score (nSPS) is 25.3. The minimum absolute atomic E-state index is 0.317. The van der Waals surface area contributed by atoms with Gasteiger partial charge in [-0.2, -0.15) is 0 Å². The number of hydrogen-bond acceptors (Lipinski definition) is 2. The molecule has 0 amide bonds. The van der Waals surface area contributed by atoms with Gasteiger partial charge in [0.05, 0.1) is 6.10 Å². The van der Waals surface area contributed by atoms with Crippen LogP contribution in [0.3, 0.4) is 0 Å². The van der Waals surface area contributed by atoms with Gasteiger partial charge in [-0.3, -0.25) is 0 Å². The van der Waals surface area contributed by atoms with Crippen LogP contribution in [0.25, 0.3) is 0 Å². The Labute approximate surface area is 120 Å². The molecular weight excluding hydrogens is 234 g/mol. The summed E-state index contributed by atoms with van der Waals surface area (Å²) in [5.41, 5.74) is 0.317. The van der Waals surface area contributed by atoms with Crippen molar-refractivity contribution < 1.29 is 4.74 Å². The number of hydrogen-bond donors (Lipinski definition) is 1. The summed E-state index contributed by atoms with van der Waals surface area (Å²) in [6.07, 6.45) is 11.4. The van der Waals surface area contributed by atoms with E-state index in [-0.39, 0.29) is 0 Å². The first-order chi connectivity index (χ1) is 9.12. The van der Waals surface area contributed by atoms with Crippen molar-refractivity contribution in [3.63, 3.8) is 0 Å². The maximum Gasteiger partial charge on any atom is 0.0655 e. The number of unbranched alkanes of at least 4 members (excludes halogenated alkanes) is 6. The Morgan fingerprint density at radius 1 is 1.00 bits per heavy atom. The van der Waals surface area contributed by atoms with Crippen LogP contribution in [0.5, 0.6) is 0 Å². The van der Waals surface area contributed by atoms with Crippen molar-refractivity contribution >= 4 is 0 Å². The van der Waals surface area contributed by atoms with Crippen LogP contribution in [0.2, 0.25) is 0 Å². The molecule has 0 aromatic rings. The Kier molecular flexibility index (Phi) is 8.01. The molecule has 0 bridgehead atoms. The zero-order chi connectivity index (χ0) is 14.1. The van der Waals surface area contributed by atoms with Crippen LogP contribution in [0, 0.1) is 5.41 Å². The van der Waals surface area contributed by atoms with Gasteiger partial charge < -0.3 is 10.1 Å². The first-order valence-corrected chi connectivity index (χ1v) is 8.47. The van der Waals surface area contributed by atoms with Crippen molar-refractivity contribution in [2.75, 3.05) is 13.2 Å². The fourth-order valence-corrected chi connectivity index (χ4v) is 3.07. The topological polar surface area (TPSA) is 21.3 Å². The molecule has 0 spiro atoms. The third-order valence-corrected chi connectivity index (χ3v) is 4.72. The summed E-state index contributed by atoms with van der Waals surface area (Å²) in [5, 5.41) is 3.72. The molecule has 1 aliphatic rings. The second-order valence-corrected chi connectivity index (χ2v) is 6.63. The Bertz CT molecular complexity index is 227. The van der Waals surface area contributed by atoms with Gasteiger partial charge in [-0.15, -0.1) is 0 Å². The SMILES string of the molecule is CCCCCCCCCNC1CC(OCC)C1(C)C. The van der Waals surface area contributed by atoms with E-state index in [1.807, 2.05) is 0 Å². The van der Waals surface area contributed by atoms with E-state index in [1.165, 1.54) is 57.9 Å². The van der Waals surface area contributed by atoms with Gasteiger partial charge in [-0.25, -0.2) is 0 Å². The molecule has 0 aliphatic heterocycles. The van der Waals surface area contributed by atoms with Gasteiger partial charge in [0.1, 0.15) is 0 Å². The molecule has 114 valence electrons. The summed E-state index contributed by atoms with van der Waals surface area (Å²) in [6.45, 7) is 11.1. The number of ether oxygens (including phenoxy) is 1. The Morgan fingerprint density at radius 3 is 2.21 bits per heavy atom. The molecule has 0 aromatic carbocycles. The third kappa shape index (κ3) is 5.43. The molecule has 0 radical (unpaired) electrons. The molecule has 0 aromatic heterocycles. The maximum atomic E-state index is 5.77. The fraction of sp³-hybridized carbons (Fsp3) is 1.00. The number of nitrogens with one attached hydrogen (secondary N) is 1. The van der Waals surface area contributed by atoms with Crippen molar-refractivity contribution in [1.82, 2.24) is 5.32 Å². The predicted molar refractivity (Wildman–Crippen MR) is 83.6 cm³/mol. The molecule has 2 unspecified atom stereocenters. The highest BCUT2D eigenvalue weighted by Gasteiger charge is 2.48. The van der Waals surface area contributed by atoms with Gasteiger partial charge in [0.25, 0.3) is 0 Å². The average Bonchev–Trinajstić information content (AvgIpc) is 2.39. The lowest BCUT2D eigenvalue weighted by Gasteiger charge is -2.52. The van der Waals surface area contributed by atoms with E-state index in [9.17, 15) is 0 Å². The standard InChI is InChI=1S/C17H35NO/c1-5-7-8-9-10-11-12-13-18-15-14-16(19-6-2)17(15,3)4/h15-16,18H,5-14H2,1-4H3. The maximum absolute atomic E-state index is 5.77. The monoisotopic (exact) mass is 269 g/mol. The molecule has 1 saturated carbocycles.